The summed E-state index contributed by atoms with van der Waals surface area (Å²) in [5, 5.41) is 19.4. The van der Waals surface area contributed by atoms with E-state index in [1.54, 1.807) is 29.7 Å². The quantitative estimate of drug-likeness (QED) is 0.513. The Balaban J connectivity index is 1.76. The molecule has 0 saturated heterocycles. The van der Waals surface area contributed by atoms with Crippen molar-refractivity contribution < 1.29 is 14.9 Å². The fraction of sp³-hybridized carbons (Fsp3) is 0.188. The minimum absolute atomic E-state index is 0.116. The van der Waals surface area contributed by atoms with E-state index < -0.39 is 5.91 Å². The van der Waals surface area contributed by atoms with E-state index >= 15 is 0 Å². The van der Waals surface area contributed by atoms with Crippen molar-refractivity contribution in [3.8, 4) is 0 Å². The molecule has 0 bridgehead atoms. The van der Waals surface area contributed by atoms with E-state index in [9.17, 15) is 14.9 Å². The Morgan fingerprint density at radius 2 is 2.00 bits per heavy atom. The maximum atomic E-state index is 11.3. The molecular formula is C16H15N3O4. The molecule has 2 aromatic rings. The number of benzene rings is 2. The lowest BCUT2D eigenvalue weighted by Crippen LogP contribution is -2.20. The van der Waals surface area contributed by atoms with Gasteiger partial charge in [-0.05, 0) is 35.7 Å². The van der Waals surface area contributed by atoms with Gasteiger partial charge in [0.15, 0.2) is 0 Å². The van der Waals surface area contributed by atoms with E-state index in [1.165, 1.54) is 6.07 Å². The molecule has 0 spiro atoms. The summed E-state index contributed by atoms with van der Waals surface area (Å²) in [6, 6.07) is 11.9. The summed E-state index contributed by atoms with van der Waals surface area (Å²) in [4.78, 5) is 23.9. The molecule has 1 amide bonds. The lowest BCUT2D eigenvalue weighted by Gasteiger charge is -2.19. The molecular weight excluding hydrogens is 298 g/mol. The first-order valence-electron chi connectivity index (χ1n) is 7.14. The van der Waals surface area contributed by atoms with Gasteiger partial charge in [0.25, 0.3) is 11.6 Å². The zero-order valence-corrected chi connectivity index (χ0v) is 12.2. The monoisotopic (exact) mass is 313 g/mol. The Bertz CT molecular complexity index is 758. The molecule has 7 heteroatoms. The number of carbonyl (C=O) groups is 1. The van der Waals surface area contributed by atoms with E-state index in [4.69, 9.17) is 5.21 Å². The van der Waals surface area contributed by atoms with Gasteiger partial charge in [-0.2, -0.15) is 0 Å². The van der Waals surface area contributed by atoms with Crippen LogP contribution in [0.1, 0.15) is 21.5 Å². The van der Waals surface area contributed by atoms with Crippen LogP contribution < -0.4 is 10.4 Å². The number of anilines is 1. The van der Waals surface area contributed by atoms with Gasteiger partial charge >= 0.3 is 0 Å². The van der Waals surface area contributed by atoms with Crippen molar-refractivity contribution >= 4 is 17.3 Å². The third kappa shape index (κ3) is 3.00. The van der Waals surface area contributed by atoms with Gasteiger partial charge in [0.05, 0.1) is 4.92 Å². The highest BCUT2D eigenvalue weighted by Gasteiger charge is 2.21. The van der Waals surface area contributed by atoms with E-state index in [0.29, 0.717) is 12.1 Å². The molecule has 2 aromatic carbocycles. The van der Waals surface area contributed by atoms with Crippen LogP contribution in [0.25, 0.3) is 0 Å². The van der Waals surface area contributed by atoms with Crippen LogP contribution >= 0.6 is 0 Å². The van der Waals surface area contributed by atoms with Gasteiger partial charge < -0.3 is 4.90 Å². The third-order valence-corrected chi connectivity index (χ3v) is 3.96. The molecule has 0 atom stereocenters. The van der Waals surface area contributed by atoms with Crippen LogP contribution in [-0.2, 0) is 13.0 Å². The number of carbonyl (C=O) groups excluding carboxylic acids is 1. The molecule has 23 heavy (non-hydrogen) atoms. The van der Waals surface area contributed by atoms with Crippen molar-refractivity contribution in [2.24, 2.45) is 0 Å². The Labute approximate surface area is 132 Å². The first-order valence-corrected chi connectivity index (χ1v) is 7.14. The molecule has 1 heterocycles. The van der Waals surface area contributed by atoms with Crippen LogP contribution in [0.5, 0.6) is 0 Å². The summed E-state index contributed by atoms with van der Waals surface area (Å²) in [6.45, 7) is 1.46. The molecule has 1 aliphatic rings. The van der Waals surface area contributed by atoms with Crippen molar-refractivity contribution in [2.75, 3.05) is 11.4 Å². The van der Waals surface area contributed by atoms with E-state index in [-0.39, 0.29) is 10.6 Å². The largest absolute Gasteiger partial charge is 0.367 e. The molecule has 0 fully saturated rings. The van der Waals surface area contributed by atoms with Crippen LogP contribution in [0.3, 0.4) is 0 Å². The van der Waals surface area contributed by atoms with Gasteiger partial charge in [0, 0.05) is 36.5 Å². The van der Waals surface area contributed by atoms with Crippen molar-refractivity contribution in [1.29, 1.82) is 0 Å². The maximum absolute atomic E-state index is 11.3. The first-order chi connectivity index (χ1) is 11.1. The minimum atomic E-state index is -0.546. The van der Waals surface area contributed by atoms with Crippen molar-refractivity contribution in [3.05, 3.63) is 69.3 Å². The predicted octanol–water partition coefficient (Wildman–Crippen LogP) is 2.28. The summed E-state index contributed by atoms with van der Waals surface area (Å²) in [6.07, 6.45) is 0.780. The number of nitrogens with one attached hydrogen (secondary N) is 1. The predicted molar refractivity (Wildman–Crippen MR) is 83.5 cm³/mol. The Morgan fingerprint density at radius 3 is 2.65 bits per heavy atom. The molecule has 118 valence electrons. The van der Waals surface area contributed by atoms with E-state index in [0.717, 1.165) is 29.8 Å². The van der Waals surface area contributed by atoms with E-state index in [1.807, 2.05) is 12.1 Å². The average molecular weight is 313 g/mol. The van der Waals surface area contributed by atoms with Crippen LogP contribution in [-0.4, -0.2) is 22.6 Å². The Kier molecular flexibility index (Phi) is 3.94. The summed E-state index contributed by atoms with van der Waals surface area (Å²) in [5.41, 5.74) is 5.10. The lowest BCUT2D eigenvalue weighted by atomic mass is 10.1. The second-order valence-electron chi connectivity index (χ2n) is 5.38. The number of hydrogen-bond donors (Lipinski definition) is 2. The molecule has 0 aliphatic carbocycles. The molecule has 0 unspecified atom stereocenters. The van der Waals surface area contributed by atoms with Crippen molar-refractivity contribution in [3.63, 3.8) is 0 Å². The van der Waals surface area contributed by atoms with Gasteiger partial charge in [-0.15, -0.1) is 0 Å². The molecule has 0 radical (unpaired) electrons. The average Bonchev–Trinajstić information content (AvgIpc) is 2.97. The van der Waals surface area contributed by atoms with Gasteiger partial charge in [0.2, 0.25) is 0 Å². The van der Waals surface area contributed by atoms with Crippen molar-refractivity contribution in [2.45, 2.75) is 13.0 Å². The smallest absolute Gasteiger partial charge is 0.274 e. The fourth-order valence-corrected chi connectivity index (χ4v) is 2.78. The molecule has 0 saturated carbocycles. The Hall–Kier alpha value is -2.93. The van der Waals surface area contributed by atoms with Crippen LogP contribution in [0.2, 0.25) is 0 Å². The van der Waals surface area contributed by atoms with E-state index in [2.05, 4.69) is 4.90 Å². The summed E-state index contributed by atoms with van der Waals surface area (Å²) >= 11 is 0. The minimum Gasteiger partial charge on any atom is -0.367 e. The Morgan fingerprint density at radius 1 is 1.26 bits per heavy atom. The first kappa shape index (κ1) is 15.0. The van der Waals surface area contributed by atoms with Gasteiger partial charge in [0.1, 0.15) is 0 Å². The number of amides is 1. The summed E-state index contributed by atoms with van der Waals surface area (Å²) in [5.74, 6) is -0.546. The third-order valence-electron chi connectivity index (χ3n) is 3.96. The lowest BCUT2D eigenvalue weighted by molar-refractivity contribution is -0.384. The highest BCUT2D eigenvalue weighted by atomic mass is 16.6. The number of fused-ring (bicyclic) bond motifs is 1. The van der Waals surface area contributed by atoms with Crippen LogP contribution in [0.4, 0.5) is 11.4 Å². The zero-order chi connectivity index (χ0) is 16.4. The van der Waals surface area contributed by atoms with Crippen LogP contribution in [0, 0.1) is 10.1 Å². The topological polar surface area (TPSA) is 95.7 Å². The number of hydroxylamine groups is 1. The summed E-state index contributed by atoms with van der Waals surface area (Å²) < 4.78 is 0. The van der Waals surface area contributed by atoms with Gasteiger partial charge in [-0.3, -0.25) is 20.1 Å². The molecule has 3 rings (SSSR count). The number of non-ortho nitro benzene ring substituents is 1. The summed E-state index contributed by atoms with van der Waals surface area (Å²) in [7, 11) is 0. The zero-order valence-electron chi connectivity index (χ0n) is 12.2. The second-order valence-corrected chi connectivity index (χ2v) is 5.38. The molecule has 7 nitrogen and oxygen atoms in total. The normalized spacial score (nSPS) is 12.8. The fourth-order valence-electron chi connectivity index (χ4n) is 2.78. The SMILES string of the molecule is O=C(NO)c1ccc(CN2CCc3cc([N+](=O)[O-])ccc32)cc1. The maximum Gasteiger partial charge on any atom is 0.274 e. The highest BCUT2D eigenvalue weighted by Crippen LogP contribution is 2.32. The number of nitrogens with zero attached hydrogens (tertiary/aromatic N) is 2. The number of nitro benzene ring substituents is 1. The molecule has 0 aromatic heterocycles. The van der Waals surface area contributed by atoms with Crippen molar-refractivity contribution in [1.82, 2.24) is 5.48 Å². The molecule has 1 aliphatic heterocycles. The number of nitro groups is 1. The highest BCUT2D eigenvalue weighted by molar-refractivity contribution is 5.93. The number of rotatable bonds is 4. The number of hydrogen-bond acceptors (Lipinski definition) is 5. The van der Waals surface area contributed by atoms with Gasteiger partial charge in [-0.1, -0.05) is 12.1 Å². The van der Waals surface area contributed by atoms with Gasteiger partial charge in [-0.25, -0.2) is 5.48 Å². The van der Waals surface area contributed by atoms with Crippen LogP contribution in [0.15, 0.2) is 42.5 Å². The standard InChI is InChI=1S/C16H15N3O4/c20-16(17-21)12-3-1-11(2-4-12)10-18-8-7-13-9-14(19(22)23)5-6-15(13)18/h1-6,9,21H,7-8,10H2,(H,17,20). The molecule has 2 N–H and O–H groups in total. The second kappa shape index (κ2) is 6.05.